The fraction of sp³-hybridized carbons (Fsp3) is 0.281. The number of nitrogens with zero attached hydrogens (tertiary/aromatic N) is 3. The van der Waals surface area contributed by atoms with Crippen molar-refractivity contribution in [1.82, 2.24) is 4.57 Å². The zero-order valence-electron chi connectivity index (χ0n) is 23.0. The number of nitriles is 1. The molecule has 1 N–H and O–H groups in total. The average molecular weight is 540 g/mol. The third kappa shape index (κ3) is 8.45. The molecule has 0 spiro atoms. The van der Waals surface area contributed by atoms with Gasteiger partial charge in [-0.2, -0.15) is 5.26 Å². The highest BCUT2D eigenvalue weighted by atomic mass is 16.5. The van der Waals surface area contributed by atoms with Gasteiger partial charge in [0.1, 0.15) is 36.5 Å². The van der Waals surface area contributed by atoms with Crippen LogP contribution in [-0.4, -0.2) is 30.8 Å². The molecule has 8 nitrogen and oxygen atoms in total. The third-order valence-electron chi connectivity index (χ3n) is 6.32. The largest absolute Gasteiger partial charge is 0.497 e. The van der Waals surface area contributed by atoms with Gasteiger partial charge in [-0.1, -0.05) is 37.3 Å². The van der Waals surface area contributed by atoms with Crippen LogP contribution in [0.15, 0.2) is 91.5 Å². The molecule has 0 saturated heterocycles. The minimum absolute atomic E-state index is 0.131. The van der Waals surface area contributed by atoms with Gasteiger partial charge >= 0.3 is 0 Å². The molecule has 3 aromatic carbocycles. The summed E-state index contributed by atoms with van der Waals surface area (Å²) in [4.78, 5) is 12.6. The predicted molar refractivity (Wildman–Crippen MR) is 152 cm³/mol. The highest BCUT2D eigenvalue weighted by molar-refractivity contribution is 5.89. The van der Waals surface area contributed by atoms with E-state index in [1.807, 2.05) is 94.6 Å². The first-order valence-electron chi connectivity index (χ1n) is 13.4. The normalized spacial score (nSPS) is 11.4. The van der Waals surface area contributed by atoms with Gasteiger partial charge in [-0.15, -0.1) is 0 Å². The standard InChI is InChI=1S/C32H34N4O4/c1-3-18-39-29-13-11-27(12-14-29)31(40-19-15-25-7-9-26(21-33)10-8-25)22-35-16-17-36(24-35)23-32(37)34-28-5-4-6-30(20-28)38-2/h4-14,16-17,20,24,31H,3,15,18-19,22-23H2,1-2H3/p+1. The number of hydrogen-bond donors (Lipinski definition) is 1. The smallest absolute Gasteiger partial charge is 0.266 e. The number of benzene rings is 3. The monoisotopic (exact) mass is 539 g/mol. The number of amides is 1. The van der Waals surface area contributed by atoms with Crippen molar-refractivity contribution in [2.75, 3.05) is 25.6 Å². The van der Waals surface area contributed by atoms with Crippen molar-refractivity contribution >= 4 is 11.6 Å². The summed E-state index contributed by atoms with van der Waals surface area (Å²) in [6.07, 6.45) is 7.20. The van der Waals surface area contributed by atoms with Crippen LogP contribution in [0.2, 0.25) is 0 Å². The van der Waals surface area contributed by atoms with E-state index in [1.165, 1.54) is 0 Å². The van der Waals surface area contributed by atoms with Crippen LogP contribution in [0.4, 0.5) is 5.69 Å². The second kappa shape index (κ2) is 14.5. The number of nitrogens with one attached hydrogen (secondary N) is 1. The Morgan fingerprint density at radius 3 is 2.58 bits per heavy atom. The second-order valence-corrected chi connectivity index (χ2v) is 9.40. The van der Waals surface area contributed by atoms with Gasteiger partial charge < -0.3 is 19.5 Å². The molecule has 1 heterocycles. The Bertz CT molecular complexity index is 1410. The number of anilines is 1. The lowest BCUT2D eigenvalue weighted by Gasteiger charge is -2.17. The van der Waals surface area contributed by atoms with E-state index in [1.54, 1.807) is 13.2 Å². The zero-order valence-corrected chi connectivity index (χ0v) is 23.0. The van der Waals surface area contributed by atoms with Gasteiger partial charge in [0.2, 0.25) is 6.33 Å². The Kier molecular flexibility index (Phi) is 10.3. The summed E-state index contributed by atoms with van der Waals surface area (Å²) in [6, 6.07) is 25.0. The zero-order chi connectivity index (χ0) is 28.2. The molecule has 1 aromatic heterocycles. The highest BCUT2D eigenvalue weighted by Crippen LogP contribution is 2.23. The van der Waals surface area contributed by atoms with Gasteiger partial charge in [0.05, 0.1) is 32.0 Å². The molecule has 0 fully saturated rings. The minimum Gasteiger partial charge on any atom is -0.497 e. The van der Waals surface area contributed by atoms with Crippen LogP contribution in [0.25, 0.3) is 0 Å². The number of aromatic nitrogens is 2. The summed E-state index contributed by atoms with van der Waals surface area (Å²) in [5.74, 6) is 1.39. The van der Waals surface area contributed by atoms with E-state index in [0.29, 0.717) is 36.8 Å². The first kappa shape index (κ1) is 28.4. The Hall–Kier alpha value is -4.61. The number of carbonyl (C=O) groups is 1. The molecular formula is C32H35N4O4+. The molecule has 1 unspecified atom stereocenters. The Morgan fingerprint density at radius 1 is 1.05 bits per heavy atom. The van der Waals surface area contributed by atoms with Crippen molar-refractivity contribution in [2.24, 2.45) is 0 Å². The van der Waals surface area contributed by atoms with Crippen molar-refractivity contribution in [3.05, 3.63) is 108 Å². The first-order chi connectivity index (χ1) is 19.6. The Labute approximate surface area is 235 Å². The van der Waals surface area contributed by atoms with Crippen molar-refractivity contribution in [2.45, 2.75) is 39.0 Å². The SMILES string of the molecule is CCCOc1ccc(C(Cn2cc[n+](CC(=O)Nc3cccc(OC)c3)c2)OCCc2ccc(C#N)cc2)cc1. The van der Waals surface area contributed by atoms with Crippen molar-refractivity contribution in [3.63, 3.8) is 0 Å². The second-order valence-electron chi connectivity index (χ2n) is 9.40. The minimum atomic E-state index is -0.204. The van der Waals surface area contributed by atoms with Crippen LogP contribution in [0.5, 0.6) is 11.5 Å². The molecule has 206 valence electrons. The summed E-state index contributed by atoms with van der Waals surface area (Å²) in [7, 11) is 1.60. The van der Waals surface area contributed by atoms with Gasteiger partial charge in [-0.25, -0.2) is 9.13 Å². The van der Waals surface area contributed by atoms with Crippen LogP contribution in [-0.2, 0) is 29.0 Å². The van der Waals surface area contributed by atoms with Gasteiger partial charge in [0, 0.05) is 11.8 Å². The number of rotatable bonds is 14. The first-order valence-corrected chi connectivity index (χ1v) is 13.4. The maximum Gasteiger partial charge on any atom is 0.266 e. The fourth-order valence-corrected chi connectivity index (χ4v) is 4.22. The average Bonchev–Trinajstić information content (AvgIpc) is 3.42. The molecule has 4 aromatic rings. The van der Waals surface area contributed by atoms with Crippen LogP contribution in [0, 0.1) is 11.3 Å². The van der Waals surface area contributed by atoms with E-state index in [2.05, 4.69) is 18.3 Å². The number of hydrogen-bond acceptors (Lipinski definition) is 5. The summed E-state index contributed by atoms with van der Waals surface area (Å²) < 4.78 is 21.2. The number of methoxy groups -OCH3 is 1. The Balaban J connectivity index is 1.40. The topological polar surface area (TPSA) is 89.4 Å². The lowest BCUT2D eigenvalue weighted by Crippen LogP contribution is -2.38. The number of carbonyl (C=O) groups excluding carboxylic acids is 1. The maximum absolute atomic E-state index is 12.6. The number of imidazole rings is 1. The van der Waals surface area contributed by atoms with Crippen LogP contribution < -0.4 is 19.4 Å². The molecule has 0 aliphatic heterocycles. The van der Waals surface area contributed by atoms with E-state index >= 15 is 0 Å². The fourth-order valence-electron chi connectivity index (χ4n) is 4.22. The van der Waals surface area contributed by atoms with Gasteiger partial charge in [-0.3, -0.25) is 4.79 Å². The van der Waals surface area contributed by atoms with E-state index in [-0.39, 0.29) is 18.6 Å². The molecule has 0 aliphatic carbocycles. The quantitative estimate of drug-likeness (QED) is 0.226. The molecule has 1 amide bonds. The lowest BCUT2D eigenvalue weighted by molar-refractivity contribution is -0.683. The van der Waals surface area contributed by atoms with Crippen LogP contribution in [0.3, 0.4) is 0 Å². The molecular weight excluding hydrogens is 504 g/mol. The molecule has 0 radical (unpaired) electrons. The molecule has 0 bridgehead atoms. The van der Waals surface area contributed by atoms with Crippen LogP contribution in [0.1, 0.15) is 36.1 Å². The van der Waals surface area contributed by atoms with Crippen LogP contribution >= 0.6 is 0 Å². The third-order valence-corrected chi connectivity index (χ3v) is 6.32. The van der Waals surface area contributed by atoms with Gasteiger partial charge in [0.25, 0.3) is 5.91 Å². The maximum atomic E-state index is 12.6. The van der Waals surface area contributed by atoms with Crippen molar-refractivity contribution in [3.8, 4) is 17.6 Å². The summed E-state index contributed by atoms with van der Waals surface area (Å²) in [5, 5.41) is 11.9. The molecule has 1 atom stereocenters. The van der Waals surface area contributed by atoms with E-state index in [0.717, 1.165) is 29.7 Å². The van der Waals surface area contributed by atoms with E-state index in [9.17, 15) is 4.79 Å². The molecule has 4 rings (SSSR count). The van der Waals surface area contributed by atoms with Crippen molar-refractivity contribution in [1.29, 1.82) is 5.26 Å². The molecule has 8 heteroatoms. The molecule has 0 saturated carbocycles. The highest BCUT2D eigenvalue weighted by Gasteiger charge is 2.18. The van der Waals surface area contributed by atoms with E-state index < -0.39 is 0 Å². The van der Waals surface area contributed by atoms with E-state index in [4.69, 9.17) is 19.5 Å². The number of ether oxygens (including phenoxy) is 3. The van der Waals surface area contributed by atoms with Gasteiger partial charge in [0.15, 0.2) is 6.54 Å². The Morgan fingerprint density at radius 2 is 1.85 bits per heavy atom. The lowest BCUT2D eigenvalue weighted by atomic mass is 10.1. The van der Waals surface area contributed by atoms with Gasteiger partial charge in [-0.05, 0) is 60.4 Å². The predicted octanol–water partition coefficient (Wildman–Crippen LogP) is 5.08. The van der Waals surface area contributed by atoms with Crippen molar-refractivity contribution < 1.29 is 23.6 Å². The summed E-state index contributed by atoms with van der Waals surface area (Å²) >= 11 is 0. The summed E-state index contributed by atoms with van der Waals surface area (Å²) in [5.41, 5.74) is 3.49. The summed E-state index contributed by atoms with van der Waals surface area (Å²) in [6.45, 7) is 4.04. The molecule has 40 heavy (non-hydrogen) atoms. The molecule has 0 aliphatic rings.